The molecule has 5 atom stereocenters. The highest BCUT2D eigenvalue weighted by atomic mass is 35.5. The average Bonchev–Trinajstić information content (AvgIpc) is 3.11. The van der Waals surface area contributed by atoms with Gasteiger partial charge in [0.25, 0.3) is 0 Å². The first-order valence-corrected chi connectivity index (χ1v) is 11.4. The Balaban J connectivity index is 1.80. The van der Waals surface area contributed by atoms with Gasteiger partial charge in [-0.1, -0.05) is 42.4 Å². The molecule has 166 valence electrons. The van der Waals surface area contributed by atoms with E-state index in [9.17, 15) is 20.4 Å². The van der Waals surface area contributed by atoms with E-state index in [1.807, 2.05) is 25.3 Å². The van der Waals surface area contributed by atoms with Crippen LogP contribution in [0.5, 0.6) is 0 Å². The summed E-state index contributed by atoms with van der Waals surface area (Å²) in [6.07, 6.45) is -3.42. The van der Waals surface area contributed by atoms with E-state index in [1.165, 1.54) is 5.56 Å². The van der Waals surface area contributed by atoms with E-state index in [-0.39, 0.29) is 0 Å². The average molecular weight is 464 g/mol. The van der Waals surface area contributed by atoms with Crippen LogP contribution < -0.4 is 0 Å². The number of aliphatic hydroxyl groups is 4. The van der Waals surface area contributed by atoms with Crippen molar-refractivity contribution >= 4 is 34.3 Å². The number of nitrogens with zero attached hydrogens (tertiary/aromatic N) is 1. The number of fused-ring (bicyclic) bond motifs is 1. The predicted octanol–water partition coefficient (Wildman–Crippen LogP) is 3.29. The standard InChI is InChI=1S/C23H26ClNO5S/c1-3-13-4-6-14(7-5-13)31-18-10-25(16-9-12(2)8-15(24)19(16)18)23-22(29)21(28)20(27)17(11-26)30-23/h4-10,17,20-23,26-29H,3,11H2,1-2H3/t17-,20-,21+,22-,23-/m1/s1. The number of halogens is 1. The van der Waals surface area contributed by atoms with Crippen molar-refractivity contribution in [3.05, 3.63) is 58.7 Å². The fraction of sp³-hybridized carbons (Fsp3) is 0.391. The van der Waals surface area contributed by atoms with Crippen LogP contribution in [0.4, 0.5) is 0 Å². The van der Waals surface area contributed by atoms with Crippen LogP contribution in [-0.2, 0) is 11.2 Å². The Kier molecular flexibility index (Phi) is 6.65. The first kappa shape index (κ1) is 22.6. The second-order valence-electron chi connectivity index (χ2n) is 7.86. The molecule has 0 amide bonds. The summed E-state index contributed by atoms with van der Waals surface area (Å²) < 4.78 is 7.52. The molecule has 2 aromatic carbocycles. The van der Waals surface area contributed by atoms with Crippen LogP contribution in [-0.4, -0.2) is 56.0 Å². The third kappa shape index (κ3) is 4.24. The highest BCUT2D eigenvalue weighted by Crippen LogP contribution is 2.42. The van der Waals surface area contributed by atoms with Gasteiger partial charge in [-0.15, -0.1) is 0 Å². The molecule has 1 fully saturated rings. The summed E-state index contributed by atoms with van der Waals surface area (Å²) in [5.74, 6) is 0. The van der Waals surface area contributed by atoms with Crippen molar-refractivity contribution in [2.75, 3.05) is 6.61 Å². The summed E-state index contributed by atoms with van der Waals surface area (Å²) in [7, 11) is 0. The van der Waals surface area contributed by atoms with Gasteiger partial charge in [-0.2, -0.15) is 0 Å². The lowest BCUT2D eigenvalue weighted by Gasteiger charge is -2.40. The number of benzene rings is 2. The van der Waals surface area contributed by atoms with Gasteiger partial charge in [0.1, 0.15) is 24.4 Å². The minimum Gasteiger partial charge on any atom is -0.394 e. The maximum Gasteiger partial charge on any atom is 0.163 e. The Hall–Kier alpha value is -1.58. The summed E-state index contributed by atoms with van der Waals surface area (Å²) in [4.78, 5) is 1.92. The van der Waals surface area contributed by atoms with Crippen LogP contribution >= 0.6 is 23.4 Å². The summed E-state index contributed by atoms with van der Waals surface area (Å²) in [6, 6.07) is 12.1. The number of ether oxygens (including phenoxy) is 1. The Bertz CT molecular complexity index is 1070. The molecular weight excluding hydrogens is 438 g/mol. The van der Waals surface area contributed by atoms with Crippen LogP contribution in [0.3, 0.4) is 0 Å². The minimum atomic E-state index is -1.45. The molecule has 2 heterocycles. The molecule has 0 bridgehead atoms. The maximum atomic E-state index is 10.7. The first-order chi connectivity index (χ1) is 14.8. The summed E-state index contributed by atoms with van der Waals surface area (Å²) >= 11 is 8.16. The molecule has 1 saturated heterocycles. The molecule has 1 aliphatic rings. The second-order valence-corrected chi connectivity index (χ2v) is 9.38. The molecule has 0 aliphatic carbocycles. The molecule has 4 rings (SSSR count). The lowest BCUT2D eigenvalue weighted by atomic mass is 9.98. The Morgan fingerprint density at radius 1 is 1.06 bits per heavy atom. The third-order valence-corrected chi connectivity index (χ3v) is 7.03. The lowest BCUT2D eigenvalue weighted by Crippen LogP contribution is -2.56. The van der Waals surface area contributed by atoms with Crippen LogP contribution in [0.25, 0.3) is 10.9 Å². The van der Waals surface area contributed by atoms with E-state index in [0.29, 0.717) is 5.02 Å². The molecule has 31 heavy (non-hydrogen) atoms. The van der Waals surface area contributed by atoms with Crippen molar-refractivity contribution in [1.82, 2.24) is 4.57 Å². The van der Waals surface area contributed by atoms with E-state index in [4.69, 9.17) is 16.3 Å². The summed E-state index contributed by atoms with van der Waals surface area (Å²) in [5, 5.41) is 42.0. The summed E-state index contributed by atoms with van der Waals surface area (Å²) in [5.41, 5.74) is 2.93. The van der Waals surface area contributed by atoms with Crippen molar-refractivity contribution in [1.29, 1.82) is 0 Å². The molecule has 4 N–H and O–H groups in total. The smallest absolute Gasteiger partial charge is 0.163 e. The fourth-order valence-electron chi connectivity index (χ4n) is 3.95. The zero-order chi connectivity index (χ0) is 22.3. The van der Waals surface area contributed by atoms with Gasteiger partial charge in [-0.3, -0.25) is 0 Å². The molecule has 1 aromatic heterocycles. The van der Waals surface area contributed by atoms with Crippen molar-refractivity contribution in [3.63, 3.8) is 0 Å². The Morgan fingerprint density at radius 3 is 2.42 bits per heavy atom. The molecule has 6 nitrogen and oxygen atoms in total. The molecule has 1 aliphatic heterocycles. The van der Waals surface area contributed by atoms with E-state index < -0.39 is 37.3 Å². The molecule has 3 aromatic rings. The van der Waals surface area contributed by atoms with Gasteiger partial charge in [0.2, 0.25) is 0 Å². The molecular formula is C23H26ClNO5S. The Labute approximate surface area is 190 Å². The van der Waals surface area contributed by atoms with Gasteiger partial charge in [0.15, 0.2) is 6.23 Å². The number of aryl methyl sites for hydroxylation is 2. The lowest BCUT2D eigenvalue weighted by molar-refractivity contribution is -0.250. The maximum absolute atomic E-state index is 10.7. The number of hydrogen-bond donors (Lipinski definition) is 4. The van der Waals surface area contributed by atoms with E-state index >= 15 is 0 Å². The van der Waals surface area contributed by atoms with Gasteiger partial charge in [-0.25, -0.2) is 0 Å². The van der Waals surface area contributed by atoms with Gasteiger partial charge in [0, 0.05) is 21.4 Å². The number of aromatic nitrogens is 1. The predicted molar refractivity (Wildman–Crippen MR) is 121 cm³/mol. The van der Waals surface area contributed by atoms with Crippen LogP contribution in [0, 0.1) is 6.92 Å². The third-order valence-electron chi connectivity index (χ3n) is 5.70. The Morgan fingerprint density at radius 2 is 1.77 bits per heavy atom. The van der Waals surface area contributed by atoms with Gasteiger partial charge >= 0.3 is 0 Å². The van der Waals surface area contributed by atoms with E-state index in [2.05, 4.69) is 31.2 Å². The number of hydrogen-bond acceptors (Lipinski definition) is 6. The highest BCUT2D eigenvalue weighted by Gasteiger charge is 2.44. The number of rotatable bonds is 5. The van der Waals surface area contributed by atoms with Gasteiger partial charge < -0.3 is 29.7 Å². The normalized spacial score (nSPS) is 26.5. The van der Waals surface area contributed by atoms with Crippen LogP contribution in [0.2, 0.25) is 5.02 Å². The van der Waals surface area contributed by atoms with E-state index in [0.717, 1.165) is 32.7 Å². The first-order valence-electron chi connectivity index (χ1n) is 10.2. The van der Waals surface area contributed by atoms with Crippen molar-refractivity contribution in [2.45, 2.75) is 60.7 Å². The van der Waals surface area contributed by atoms with Gasteiger partial charge in [0.05, 0.1) is 17.1 Å². The molecule has 8 heteroatoms. The van der Waals surface area contributed by atoms with Crippen molar-refractivity contribution in [3.8, 4) is 0 Å². The van der Waals surface area contributed by atoms with Crippen molar-refractivity contribution < 1.29 is 25.2 Å². The van der Waals surface area contributed by atoms with Gasteiger partial charge in [-0.05, 0) is 48.7 Å². The largest absolute Gasteiger partial charge is 0.394 e. The molecule has 0 radical (unpaired) electrons. The number of aliphatic hydroxyl groups excluding tert-OH is 4. The molecule has 0 spiro atoms. The van der Waals surface area contributed by atoms with Crippen LogP contribution in [0.1, 0.15) is 24.3 Å². The quantitative estimate of drug-likeness (QED) is 0.464. The zero-order valence-electron chi connectivity index (χ0n) is 17.3. The topological polar surface area (TPSA) is 95.1 Å². The molecule has 0 unspecified atom stereocenters. The second kappa shape index (κ2) is 9.11. The fourth-order valence-corrected chi connectivity index (χ4v) is 5.39. The monoisotopic (exact) mass is 463 g/mol. The molecule has 0 saturated carbocycles. The minimum absolute atomic E-state index is 0.480. The van der Waals surface area contributed by atoms with Crippen molar-refractivity contribution in [2.24, 2.45) is 0 Å². The summed E-state index contributed by atoms with van der Waals surface area (Å²) in [6.45, 7) is 3.55. The van der Waals surface area contributed by atoms with Crippen LogP contribution in [0.15, 0.2) is 52.4 Å². The zero-order valence-corrected chi connectivity index (χ0v) is 18.8. The highest BCUT2D eigenvalue weighted by molar-refractivity contribution is 7.99. The SMILES string of the molecule is CCc1ccc(Sc2cn([C@@H]3O[C@H](CO)[C@@H](O)[C@H](O)[C@H]3O)c3cc(C)cc(Cl)c23)cc1. The van der Waals surface area contributed by atoms with E-state index in [1.54, 1.807) is 16.3 Å².